The summed E-state index contributed by atoms with van der Waals surface area (Å²) in [6.45, 7) is -0.0863. The molecule has 4 heteroatoms. The summed E-state index contributed by atoms with van der Waals surface area (Å²) in [5.74, 6) is 0. The van der Waals surface area contributed by atoms with Crippen molar-refractivity contribution in [3.8, 4) is 39.1 Å². The topological polar surface area (TPSA) is 23.0 Å². The molecule has 3 aromatic heterocycles. The van der Waals surface area contributed by atoms with Crippen molar-refractivity contribution >= 4 is 116 Å². The van der Waals surface area contributed by atoms with Gasteiger partial charge in [-0.2, -0.15) is 0 Å². The molecule has 0 radical (unpaired) electrons. The lowest BCUT2D eigenvalue weighted by Crippen LogP contribution is -2.55. The first-order valence-corrected chi connectivity index (χ1v) is 20.3. The van der Waals surface area contributed by atoms with E-state index >= 15 is 0 Å². The summed E-state index contributed by atoms with van der Waals surface area (Å²) in [7, 11) is 0. The Labute approximate surface area is 330 Å². The zero-order valence-corrected chi connectivity index (χ0v) is 31.0. The third kappa shape index (κ3) is 3.04. The lowest BCUT2D eigenvalue weighted by molar-refractivity contribution is 0.669. The Hall–Kier alpha value is -7.56. The molecule has 0 N–H and O–H groups in total. The first-order valence-electron chi connectivity index (χ1n) is 20.3. The van der Waals surface area contributed by atoms with Crippen LogP contribution in [0.1, 0.15) is 0 Å². The van der Waals surface area contributed by atoms with Gasteiger partial charge in [0.05, 0.1) is 11.0 Å². The number of aromatic nitrogens is 2. The van der Waals surface area contributed by atoms with Gasteiger partial charge in [0.25, 0.3) is 0 Å². The molecule has 3 aliphatic rings. The molecular weight excluding hydrogens is 703 g/mol. The van der Waals surface area contributed by atoms with Crippen LogP contribution in [-0.2, 0) is 0 Å². The Kier molecular flexibility index (Phi) is 4.72. The number of furan rings is 1. The minimum Gasteiger partial charge on any atom is -0.456 e. The molecule has 3 nitrogen and oxygen atoms in total. The molecule has 13 aromatic rings. The van der Waals surface area contributed by atoms with E-state index in [0.717, 1.165) is 16.6 Å². The van der Waals surface area contributed by atoms with Gasteiger partial charge in [-0.05, 0) is 95.3 Å². The average molecular weight is 731 g/mol. The van der Waals surface area contributed by atoms with E-state index in [1.165, 1.54) is 131 Å². The van der Waals surface area contributed by atoms with Crippen LogP contribution in [0.2, 0.25) is 0 Å². The van der Waals surface area contributed by atoms with Gasteiger partial charge < -0.3 is 13.5 Å². The maximum Gasteiger partial charge on any atom is 0.333 e. The van der Waals surface area contributed by atoms with Gasteiger partial charge in [0.15, 0.2) is 0 Å². The first kappa shape index (κ1) is 28.8. The first-order chi connectivity index (χ1) is 28.8. The Morgan fingerprint density at radius 1 is 0.397 bits per heavy atom. The van der Waals surface area contributed by atoms with E-state index in [9.17, 15) is 0 Å². The van der Waals surface area contributed by atoms with Crippen LogP contribution in [0.5, 0.6) is 0 Å². The van der Waals surface area contributed by atoms with Crippen LogP contribution in [0.15, 0.2) is 168 Å². The highest BCUT2D eigenvalue weighted by Gasteiger charge is 2.44. The fraction of sp³-hybridized carbons (Fsp3) is 0. The van der Waals surface area contributed by atoms with Gasteiger partial charge in [-0.1, -0.05) is 133 Å². The zero-order chi connectivity index (χ0) is 37.1. The SMILES string of the molecule is c1ccc2c(c1)-c1cccc3cc4c5c(c13)c1c-2cccc1n5-c1cc2oc3ccccc3c2c2c1B4n1c3ccc4ccccc4c3c3c4ccccc4cc-2c31. The van der Waals surface area contributed by atoms with E-state index in [-0.39, 0.29) is 6.85 Å². The molecule has 5 heterocycles. The van der Waals surface area contributed by atoms with Crippen molar-refractivity contribution in [3.63, 3.8) is 0 Å². The van der Waals surface area contributed by atoms with Gasteiger partial charge in [-0.3, -0.25) is 0 Å². The van der Waals surface area contributed by atoms with E-state index in [1.807, 2.05) is 0 Å². The molecule has 0 amide bonds. The van der Waals surface area contributed by atoms with Crippen LogP contribution in [0.3, 0.4) is 0 Å². The quantitative estimate of drug-likeness (QED) is 0.143. The fourth-order valence-corrected chi connectivity index (χ4v) is 12.1. The molecule has 1 aliphatic carbocycles. The third-order valence-corrected chi connectivity index (χ3v) is 14.1. The average Bonchev–Trinajstić information content (AvgIpc) is 3.92. The molecule has 2 aliphatic heterocycles. The summed E-state index contributed by atoms with van der Waals surface area (Å²) in [5, 5.41) is 15.4. The standard InChI is InChI=1S/C54H27BN2O/c1-3-14-31-28(11-1)23-24-41-46(31)50-32-15-4-2-12-29(32)25-38-49-48-37-18-7-8-22-43(37)58-44(48)27-42-52(49)55(57(41)53(38)50)39-26-30-13-9-19-35-33-16-5-6-17-34(33)36-20-10-21-40-47(36)51(45(30)35)54(39)56(40)42/h1-27H. The van der Waals surface area contributed by atoms with E-state index in [2.05, 4.69) is 173 Å². The van der Waals surface area contributed by atoms with Crippen molar-refractivity contribution < 1.29 is 4.42 Å². The molecule has 0 unspecified atom stereocenters. The Balaban J connectivity index is 1.23. The predicted octanol–water partition coefficient (Wildman–Crippen LogP) is 12.8. The van der Waals surface area contributed by atoms with Gasteiger partial charge in [-0.25, -0.2) is 0 Å². The monoisotopic (exact) mass is 730 g/mol. The molecule has 0 spiro atoms. The van der Waals surface area contributed by atoms with Gasteiger partial charge in [0, 0.05) is 60.7 Å². The highest BCUT2D eigenvalue weighted by molar-refractivity contribution is 6.91. The Morgan fingerprint density at radius 2 is 1.09 bits per heavy atom. The minimum atomic E-state index is -0.0863. The third-order valence-electron chi connectivity index (χ3n) is 14.1. The lowest BCUT2D eigenvalue weighted by atomic mass is 9.45. The highest BCUT2D eigenvalue weighted by Crippen LogP contribution is 2.53. The minimum absolute atomic E-state index is 0.0863. The predicted molar refractivity (Wildman–Crippen MR) is 244 cm³/mol. The summed E-state index contributed by atoms with van der Waals surface area (Å²) in [6.07, 6.45) is 0. The molecule has 0 atom stereocenters. The number of fused-ring (bicyclic) bond motifs is 19. The van der Waals surface area contributed by atoms with Crippen LogP contribution >= 0.6 is 0 Å². The van der Waals surface area contributed by atoms with Crippen molar-refractivity contribution in [2.45, 2.75) is 0 Å². The van der Waals surface area contributed by atoms with Gasteiger partial charge in [0.1, 0.15) is 11.2 Å². The van der Waals surface area contributed by atoms with E-state index in [1.54, 1.807) is 0 Å². The van der Waals surface area contributed by atoms with Crippen molar-refractivity contribution in [2.24, 2.45) is 0 Å². The van der Waals surface area contributed by atoms with Crippen molar-refractivity contribution in [1.29, 1.82) is 0 Å². The fourth-order valence-electron chi connectivity index (χ4n) is 12.1. The summed E-state index contributed by atoms with van der Waals surface area (Å²) < 4.78 is 12.3. The molecule has 58 heavy (non-hydrogen) atoms. The second kappa shape index (κ2) is 9.51. The second-order valence-corrected chi connectivity index (χ2v) is 16.7. The maximum absolute atomic E-state index is 6.93. The number of benzene rings is 10. The van der Waals surface area contributed by atoms with Gasteiger partial charge >= 0.3 is 6.85 Å². The van der Waals surface area contributed by atoms with Gasteiger partial charge in [0.2, 0.25) is 0 Å². The number of hydrogen-bond donors (Lipinski definition) is 0. The molecule has 16 rings (SSSR count). The smallest absolute Gasteiger partial charge is 0.333 e. The Morgan fingerprint density at radius 3 is 1.95 bits per heavy atom. The van der Waals surface area contributed by atoms with Crippen LogP contribution in [0, 0.1) is 0 Å². The Bertz CT molecular complexity index is 4160. The summed E-state index contributed by atoms with van der Waals surface area (Å²) in [4.78, 5) is 0. The zero-order valence-electron chi connectivity index (χ0n) is 31.0. The number of nitrogens with zero attached hydrogens (tertiary/aromatic N) is 2. The molecule has 10 aromatic carbocycles. The van der Waals surface area contributed by atoms with Crippen molar-refractivity contribution in [3.05, 3.63) is 164 Å². The number of hydrogen-bond acceptors (Lipinski definition) is 1. The second-order valence-electron chi connectivity index (χ2n) is 16.7. The summed E-state index contributed by atoms with van der Waals surface area (Å²) in [6, 6.07) is 61.6. The summed E-state index contributed by atoms with van der Waals surface area (Å²) >= 11 is 0. The molecular formula is C54H27BN2O. The molecule has 0 fully saturated rings. The molecule has 0 bridgehead atoms. The maximum atomic E-state index is 6.93. The highest BCUT2D eigenvalue weighted by atomic mass is 16.3. The van der Waals surface area contributed by atoms with Crippen LogP contribution in [0.25, 0.3) is 137 Å². The number of rotatable bonds is 0. The number of para-hydroxylation sites is 1. The van der Waals surface area contributed by atoms with Crippen LogP contribution in [-0.4, -0.2) is 15.9 Å². The van der Waals surface area contributed by atoms with Crippen molar-refractivity contribution in [1.82, 2.24) is 9.05 Å². The van der Waals surface area contributed by atoms with E-state index < -0.39 is 0 Å². The van der Waals surface area contributed by atoms with Crippen LogP contribution < -0.4 is 10.9 Å². The van der Waals surface area contributed by atoms with E-state index in [4.69, 9.17) is 4.42 Å². The van der Waals surface area contributed by atoms with Crippen molar-refractivity contribution in [2.75, 3.05) is 0 Å². The normalized spacial score (nSPS) is 13.5. The van der Waals surface area contributed by atoms with Crippen LogP contribution in [0.4, 0.5) is 0 Å². The molecule has 262 valence electrons. The summed E-state index contributed by atoms with van der Waals surface area (Å²) in [5.41, 5.74) is 18.6. The molecule has 0 saturated heterocycles. The van der Waals surface area contributed by atoms with Gasteiger partial charge in [-0.15, -0.1) is 0 Å². The van der Waals surface area contributed by atoms with E-state index in [0.29, 0.717) is 0 Å². The largest absolute Gasteiger partial charge is 0.456 e. The molecule has 0 saturated carbocycles. The lowest BCUT2D eigenvalue weighted by Gasteiger charge is -2.34.